The predicted octanol–water partition coefficient (Wildman–Crippen LogP) is 3.30. The van der Waals surface area contributed by atoms with Gasteiger partial charge < -0.3 is 15.6 Å². The molecule has 3 N–H and O–H groups in total. The van der Waals surface area contributed by atoms with Crippen LogP contribution < -0.4 is 10.5 Å². The Kier molecular flexibility index (Phi) is 4.07. The molecule has 0 saturated heterocycles. The molecule has 3 nitrogen and oxygen atoms in total. The molecule has 0 fully saturated rings. The number of ether oxygens (including phenoxy) is 1. The zero-order valence-corrected chi connectivity index (χ0v) is 11.3. The summed E-state index contributed by atoms with van der Waals surface area (Å²) in [7, 11) is 0. The van der Waals surface area contributed by atoms with Gasteiger partial charge in [0.25, 0.3) is 0 Å². The Morgan fingerprint density at radius 3 is 2.68 bits per heavy atom. The van der Waals surface area contributed by atoms with Crippen LogP contribution in [-0.4, -0.2) is 5.11 Å². The summed E-state index contributed by atoms with van der Waals surface area (Å²) < 4.78 is 5.80. The second-order valence-electron chi connectivity index (χ2n) is 4.79. The Morgan fingerprint density at radius 2 is 2.00 bits per heavy atom. The van der Waals surface area contributed by atoms with Gasteiger partial charge in [0.1, 0.15) is 18.1 Å². The van der Waals surface area contributed by atoms with Crippen molar-refractivity contribution >= 4 is 0 Å². The normalized spacial score (nSPS) is 12.2. The van der Waals surface area contributed by atoms with Crippen LogP contribution in [0.15, 0.2) is 42.5 Å². The van der Waals surface area contributed by atoms with Crippen molar-refractivity contribution in [2.45, 2.75) is 26.5 Å². The van der Waals surface area contributed by atoms with Crippen LogP contribution in [-0.2, 0) is 6.61 Å². The molecular weight excluding hydrogens is 238 g/mol. The highest BCUT2D eigenvalue weighted by Crippen LogP contribution is 2.26. The van der Waals surface area contributed by atoms with Crippen LogP contribution >= 0.6 is 0 Å². The van der Waals surface area contributed by atoms with Crippen LogP contribution in [0.4, 0.5) is 0 Å². The number of aromatic hydroxyl groups is 1. The van der Waals surface area contributed by atoms with Gasteiger partial charge in [-0.25, -0.2) is 0 Å². The highest BCUT2D eigenvalue weighted by Gasteiger charge is 2.08. The molecule has 0 aliphatic carbocycles. The lowest BCUT2D eigenvalue weighted by Gasteiger charge is -2.15. The minimum Gasteiger partial charge on any atom is -0.508 e. The zero-order valence-electron chi connectivity index (χ0n) is 11.3. The summed E-state index contributed by atoms with van der Waals surface area (Å²) in [5.74, 6) is 1.04. The minimum atomic E-state index is -0.0703. The second-order valence-corrected chi connectivity index (χ2v) is 4.79. The smallest absolute Gasteiger partial charge is 0.124 e. The summed E-state index contributed by atoms with van der Waals surface area (Å²) in [5, 5.41) is 9.41. The molecule has 0 saturated carbocycles. The van der Waals surface area contributed by atoms with Crippen LogP contribution in [0.25, 0.3) is 0 Å². The molecular formula is C16H19NO2. The third kappa shape index (κ3) is 3.48. The number of phenols is 1. The molecule has 2 aromatic rings. The maximum absolute atomic E-state index is 9.41. The van der Waals surface area contributed by atoms with E-state index in [2.05, 4.69) is 0 Å². The Labute approximate surface area is 113 Å². The van der Waals surface area contributed by atoms with Crippen molar-refractivity contribution in [1.29, 1.82) is 0 Å². The van der Waals surface area contributed by atoms with E-state index >= 15 is 0 Å². The average molecular weight is 257 g/mol. The van der Waals surface area contributed by atoms with Gasteiger partial charge in [0.2, 0.25) is 0 Å². The molecule has 0 heterocycles. The molecule has 0 aromatic heterocycles. The molecule has 0 amide bonds. The number of phenolic OH excluding ortho intramolecular Hbond substituents is 1. The van der Waals surface area contributed by atoms with E-state index in [0.717, 1.165) is 22.4 Å². The lowest BCUT2D eigenvalue weighted by molar-refractivity contribution is 0.300. The molecule has 3 heteroatoms. The molecule has 19 heavy (non-hydrogen) atoms. The first kappa shape index (κ1) is 13.4. The topological polar surface area (TPSA) is 55.5 Å². The molecule has 0 unspecified atom stereocenters. The zero-order chi connectivity index (χ0) is 13.8. The summed E-state index contributed by atoms with van der Waals surface area (Å²) in [4.78, 5) is 0. The number of aryl methyl sites for hydroxylation is 1. The van der Waals surface area contributed by atoms with Gasteiger partial charge in [0.05, 0.1) is 0 Å². The SMILES string of the molecule is Cc1ccc(OCc2cccc(O)c2)c([C@@H](C)N)c1. The van der Waals surface area contributed by atoms with E-state index in [4.69, 9.17) is 10.5 Å². The van der Waals surface area contributed by atoms with Crippen molar-refractivity contribution in [2.75, 3.05) is 0 Å². The predicted molar refractivity (Wildman–Crippen MR) is 76.2 cm³/mol. The van der Waals surface area contributed by atoms with Crippen LogP contribution in [0, 0.1) is 6.92 Å². The van der Waals surface area contributed by atoms with Crippen molar-refractivity contribution < 1.29 is 9.84 Å². The molecule has 0 aliphatic rings. The molecule has 2 aromatic carbocycles. The first-order valence-electron chi connectivity index (χ1n) is 6.33. The van der Waals surface area contributed by atoms with Crippen LogP contribution in [0.2, 0.25) is 0 Å². The van der Waals surface area contributed by atoms with E-state index in [1.807, 2.05) is 38.1 Å². The van der Waals surface area contributed by atoms with Gasteiger partial charge in [-0.2, -0.15) is 0 Å². The van der Waals surface area contributed by atoms with Crippen LogP contribution in [0.1, 0.15) is 29.7 Å². The van der Waals surface area contributed by atoms with E-state index in [0.29, 0.717) is 6.61 Å². The fraction of sp³-hybridized carbons (Fsp3) is 0.250. The van der Waals surface area contributed by atoms with Gasteiger partial charge in [-0.1, -0.05) is 29.8 Å². The molecule has 0 radical (unpaired) electrons. The largest absolute Gasteiger partial charge is 0.508 e. The summed E-state index contributed by atoms with van der Waals surface area (Å²) in [6, 6.07) is 13.0. The average Bonchev–Trinajstić information content (AvgIpc) is 2.37. The van der Waals surface area contributed by atoms with E-state index in [-0.39, 0.29) is 11.8 Å². The third-order valence-electron chi connectivity index (χ3n) is 2.96. The maximum atomic E-state index is 9.41. The maximum Gasteiger partial charge on any atom is 0.124 e. The highest BCUT2D eigenvalue weighted by molar-refractivity contribution is 5.39. The van der Waals surface area contributed by atoms with E-state index in [9.17, 15) is 5.11 Å². The fourth-order valence-electron chi connectivity index (χ4n) is 1.96. The summed E-state index contributed by atoms with van der Waals surface area (Å²) in [5.41, 5.74) is 9.05. The molecule has 100 valence electrons. The van der Waals surface area contributed by atoms with E-state index in [1.54, 1.807) is 18.2 Å². The van der Waals surface area contributed by atoms with Gasteiger partial charge in [-0.05, 0) is 37.6 Å². The number of benzene rings is 2. The monoisotopic (exact) mass is 257 g/mol. The number of hydrogen-bond donors (Lipinski definition) is 2. The van der Waals surface area contributed by atoms with Gasteiger partial charge in [0, 0.05) is 11.6 Å². The van der Waals surface area contributed by atoms with Crippen molar-refractivity contribution in [1.82, 2.24) is 0 Å². The van der Waals surface area contributed by atoms with E-state index in [1.165, 1.54) is 0 Å². The molecule has 0 bridgehead atoms. The molecule has 1 atom stereocenters. The van der Waals surface area contributed by atoms with Crippen LogP contribution in [0.5, 0.6) is 11.5 Å². The standard InChI is InChI=1S/C16H19NO2/c1-11-6-7-16(15(8-11)12(2)17)19-10-13-4-3-5-14(18)9-13/h3-9,12,18H,10,17H2,1-2H3/t12-/m1/s1. The highest BCUT2D eigenvalue weighted by atomic mass is 16.5. The Bertz CT molecular complexity index is 564. The van der Waals surface area contributed by atoms with Crippen LogP contribution in [0.3, 0.4) is 0 Å². The Balaban J connectivity index is 2.15. The van der Waals surface area contributed by atoms with Crippen molar-refractivity contribution in [3.63, 3.8) is 0 Å². The fourth-order valence-corrected chi connectivity index (χ4v) is 1.96. The lowest BCUT2D eigenvalue weighted by atomic mass is 10.1. The first-order chi connectivity index (χ1) is 9.06. The molecule has 0 spiro atoms. The number of rotatable bonds is 4. The van der Waals surface area contributed by atoms with Crippen molar-refractivity contribution in [3.05, 3.63) is 59.2 Å². The van der Waals surface area contributed by atoms with Gasteiger partial charge >= 0.3 is 0 Å². The van der Waals surface area contributed by atoms with Gasteiger partial charge in [-0.3, -0.25) is 0 Å². The van der Waals surface area contributed by atoms with Crippen molar-refractivity contribution in [3.8, 4) is 11.5 Å². The van der Waals surface area contributed by atoms with Crippen molar-refractivity contribution in [2.24, 2.45) is 5.73 Å². The third-order valence-corrected chi connectivity index (χ3v) is 2.96. The quantitative estimate of drug-likeness (QED) is 0.883. The lowest BCUT2D eigenvalue weighted by Crippen LogP contribution is -2.08. The molecule has 0 aliphatic heterocycles. The molecule has 2 rings (SSSR count). The number of nitrogens with two attached hydrogens (primary N) is 1. The number of hydrogen-bond acceptors (Lipinski definition) is 3. The Hall–Kier alpha value is -2.00. The minimum absolute atomic E-state index is 0.0703. The summed E-state index contributed by atoms with van der Waals surface area (Å²) in [6.07, 6.45) is 0. The van der Waals surface area contributed by atoms with Gasteiger partial charge in [0.15, 0.2) is 0 Å². The van der Waals surface area contributed by atoms with Gasteiger partial charge in [-0.15, -0.1) is 0 Å². The summed E-state index contributed by atoms with van der Waals surface area (Å²) >= 11 is 0. The Morgan fingerprint density at radius 1 is 1.21 bits per heavy atom. The van der Waals surface area contributed by atoms with E-state index < -0.39 is 0 Å². The second kappa shape index (κ2) is 5.76. The summed E-state index contributed by atoms with van der Waals surface area (Å²) in [6.45, 7) is 4.39. The first-order valence-corrected chi connectivity index (χ1v) is 6.33.